The third-order valence-electron chi connectivity index (χ3n) is 6.41. The smallest absolute Gasteiger partial charge is 0.160 e. The Morgan fingerprint density at radius 1 is 0.719 bits per heavy atom. The molecule has 6 rings (SSSR count). The molecule has 0 N–H and O–H groups in total. The number of nitrogens with zero attached hydrogens (tertiary/aromatic N) is 3. The monoisotopic (exact) mass is 477 g/mol. The fourth-order valence-corrected chi connectivity index (χ4v) is 5.01. The second-order valence-corrected chi connectivity index (χ2v) is 9.62. The van der Waals surface area contributed by atoms with Crippen molar-refractivity contribution in [1.82, 2.24) is 15.0 Å². The fraction of sp³-hybridized carbons (Fsp3) is 0.107. The Balaban J connectivity index is 1.58. The number of hydrogen-bond acceptors (Lipinski definition) is 3. The van der Waals surface area contributed by atoms with Gasteiger partial charge in [0, 0.05) is 27.2 Å². The van der Waals surface area contributed by atoms with E-state index in [1.165, 1.54) is 22.3 Å². The van der Waals surface area contributed by atoms with Crippen LogP contribution < -0.4 is 0 Å². The molecule has 2 heterocycles. The highest BCUT2D eigenvalue weighted by Gasteiger charge is 2.35. The SMILES string of the molecule is CC1(C)c2ccccc2-c2ccc(-c3nc(-c4ccc(Br)cc4)nc4cccnc34)cc21. The molecule has 0 radical (unpaired) electrons. The van der Waals surface area contributed by atoms with Crippen LogP contribution in [-0.2, 0) is 5.41 Å². The summed E-state index contributed by atoms with van der Waals surface area (Å²) < 4.78 is 1.03. The van der Waals surface area contributed by atoms with E-state index in [0.717, 1.165) is 32.3 Å². The van der Waals surface area contributed by atoms with Crippen LogP contribution in [0.1, 0.15) is 25.0 Å². The summed E-state index contributed by atoms with van der Waals surface area (Å²) in [7, 11) is 0. The van der Waals surface area contributed by atoms with Gasteiger partial charge in [-0.15, -0.1) is 0 Å². The summed E-state index contributed by atoms with van der Waals surface area (Å²) in [6, 6.07) is 27.4. The van der Waals surface area contributed by atoms with Gasteiger partial charge in [0.25, 0.3) is 0 Å². The van der Waals surface area contributed by atoms with Gasteiger partial charge in [0.2, 0.25) is 0 Å². The molecule has 0 saturated carbocycles. The van der Waals surface area contributed by atoms with Crippen LogP contribution in [0.15, 0.2) is 89.5 Å². The molecule has 2 aromatic heterocycles. The average molecular weight is 478 g/mol. The molecule has 3 aromatic carbocycles. The van der Waals surface area contributed by atoms with E-state index in [1.54, 1.807) is 0 Å². The van der Waals surface area contributed by atoms with Gasteiger partial charge >= 0.3 is 0 Å². The maximum absolute atomic E-state index is 5.00. The third kappa shape index (κ3) is 2.90. The van der Waals surface area contributed by atoms with Gasteiger partial charge in [0.1, 0.15) is 11.2 Å². The summed E-state index contributed by atoms with van der Waals surface area (Å²) >= 11 is 3.51. The van der Waals surface area contributed by atoms with Crippen LogP contribution in [0.2, 0.25) is 0 Å². The molecule has 32 heavy (non-hydrogen) atoms. The number of rotatable bonds is 2. The first-order valence-electron chi connectivity index (χ1n) is 10.7. The van der Waals surface area contributed by atoms with Crippen molar-refractivity contribution in [2.24, 2.45) is 0 Å². The van der Waals surface area contributed by atoms with E-state index in [2.05, 4.69) is 77.2 Å². The molecule has 0 unspecified atom stereocenters. The van der Waals surface area contributed by atoms with Crippen molar-refractivity contribution < 1.29 is 0 Å². The lowest BCUT2D eigenvalue weighted by Crippen LogP contribution is -2.15. The zero-order valence-corrected chi connectivity index (χ0v) is 19.4. The van der Waals surface area contributed by atoms with Crippen LogP contribution in [-0.4, -0.2) is 15.0 Å². The molecule has 0 amide bonds. The lowest BCUT2D eigenvalue weighted by molar-refractivity contribution is 0.660. The Morgan fingerprint density at radius 2 is 1.47 bits per heavy atom. The van der Waals surface area contributed by atoms with Gasteiger partial charge in [0.05, 0.1) is 5.52 Å². The predicted molar refractivity (Wildman–Crippen MR) is 133 cm³/mol. The summed E-state index contributed by atoms with van der Waals surface area (Å²) in [6.45, 7) is 4.59. The second-order valence-electron chi connectivity index (χ2n) is 8.70. The lowest BCUT2D eigenvalue weighted by Gasteiger charge is -2.22. The molecule has 0 atom stereocenters. The zero-order chi connectivity index (χ0) is 21.9. The largest absolute Gasteiger partial charge is 0.252 e. The fourth-order valence-electron chi connectivity index (χ4n) is 4.75. The first-order chi connectivity index (χ1) is 15.5. The van der Waals surface area contributed by atoms with Crippen molar-refractivity contribution >= 4 is 27.0 Å². The molecule has 3 nitrogen and oxygen atoms in total. The number of halogens is 1. The third-order valence-corrected chi connectivity index (χ3v) is 6.94. The van der Waals surface area contributed by atoms with Crippen LogP contribution in [0, 0.1) is 0 Å². The Bertz CT molecular complexity index is 1500. The molecule has 0 fully saturated rings. The molecule has 154 valence electrons. The van der Waals surface area contributed by atoms with Crippen molar-refractivity contribution in [3.8, 4) is 33.8 Å². The topological polar surface area (TPSA) is 38.7 Å². The minimum absolute atomic E-state index is 0.0628. The molecule has 0 aliphatic heterocycles. The first kappa shape index (κ1) is 19.3. The molecule has 0 bridgehead atoms. The van der Waals surface area contributed by atoms with Crippen LogP contribution in [0.3, 0.4) is 0 Å². The summed E-state index contributed by atoms with van der Waals surface area (Å²) in [5.74, 6) is 0.705. The summed E-state index contributed by atoms with van der Waals surface area (Å²) in [4.78, 5) is 14.5. The van der Waals surface area contributed by atoms with Gasteiger partial charge in [0.15, 0.2) is 5.82 Å². The van der Waals surface area contributed by atoms with Crippen LogP contribution in [0.4, 0.5) is 0 Å². The molecule has 0 saturated heterocycles. The highest BCUT2D eigenvalue weighted by Crippen LogP contribution is 2.49. The molecule has 1 aliphatic carbocycles. The van der Waals surface area contributed by atoms with Crippen molar-refractivity contribution in [2.45, 2.75) is 19.3 Å². The molecule has 5 aromatic rings. The van der Waals surface area contributed by atoms with Gasteiger partial charge in [-0.1, -0.05) is 78.3 Å². The Morgan fingerprint density at radius 3 is 2.31 bits per heavy atom. The second kappa shape index (κ2) is 7.07. The van der Waals surface area contributed by atoms with E-state index in [-0.39, 0.29) is 5.41 Å². The van der Waals surface area contributed by atoms with Gasteiger partial charge in [-0.05, 0) is 52.6 Å². The Labute approximate surface area is 195 Å². The highest BCUT2D eigenvalue weighted by atomic mass is 79.9. The molecule has 4 heteroatoms. The van der Waals surface area contributed by atoms with Crippen molar-refractivity contribution in [3.05, 3.63) is 101 Å². The van der Waals surface area contributed by atoms with Gasteiger partial charge in [-0.2, -0.15) is 0 Å². The summed E-state index contributed by atoms with van der Waals surface area (Å²) in [5, 5.41) is 0. The van der Waals surface area contributed by atoms with E-state index in [1.807, 2.05) is 42.6 Å². The maximum atomic E-state index is 5.00. The Hall–Kier alpha value is -3.37. The number of fused-ring (bicyclic) bond motifs is 4. The molecule has 1 aliphatic rings. The van der Waals surface area contributed by atoms with E-state index < -0.39 is 0 Å². The van der Waals surface area contributed by atoms with Crippen LogP contribution in [0.25, 0.3) is 44.8 Å². The average Bonchev–Trinajstić information content (AvgIpc) is 3.05. The van der Waals surface area contributed by atoms with Crippen molar-refractivity contribution in [2.75, 3.05) is 0 Å². The van der Waals surface area contributed by atoms with E-state index >= 15 is 0 Å². The number of aromatic nitrogens is 3. The Kier molecular flexibility index (Phi) is 4.27. The number of hydrogen-bond donors (Lipinski definition) is 0. The molecule has 0 spiro atoms. The zero-order valence-electron chi connectivity index (χ0n) is 17.8. The number of benzene rings is 3. The minimum atomic E-state index is -0.0628. The molecular weight excluding hydrogens is 458 g/mol. The molecular formula is C28H20BrN3. The van der Waals surface area contributed by atoms with E-state index in [0.29, 0.717) is 5.82 Å². The van der Waals surface area contributed by atoms with Gasteiger partial charge in [-0.3, -0.25) is 4.98 Å². The van der Waals surface area contributed by atoms with Crippen LogP contribution in [0.5, 0.6) is 0 Å². The van der Waals surface area contributed by atoms with E-state index in [4.69, 9.17) is 9.97 Å². The predicted octanol–water partition coefficient (Wildman–Crippen LogP) is 7.43. The van der Waals surface area contributed by atoms with E-state index in [9.17, 15) is 0 Å². The summed E-state index contributed by atoms with van der Waals surface area (Å²) in [6.07, 6.45) is 1.81. The first-order valence-corrected chi connectivity index (χ1v) is 11.5. The van der Waals surface area contributed by atoms with Crippen molar-refractivity contribution in [3.63, 3.8) is 0 Å². The quantitative estimate of drug-likeness (QED) is 0.265. The number of pyridine rings is 1. The van der Waals surface area contributed by atoms with Crippen LogP contribution >= 0.6 is 15.9 Å². The van der Waals surface area contributed by atoms with Crippen molar-refractivity contribution in [1.29, 1.82) is 0 Å². The lowest BCUT2D eigenvalue weighted by atomic mass is 9.82. The summed E-state index contributed by atoms with van der Waals surface area (Å²) in [5.41, 5.74) is 9.82. The normalized spacial score (nSPS) is 13.7. The maximum Gasteiger partial charge on any atom is 0.160 e. The standard InChI is InChI=1S/C28H20BrN3/c1-28(2)22-7-4-3-6-20(22)21-14-11-18(16-23(21)28)25-26-24(8-5-15-30-26)31-27(32-25)17-9-12-19(29)13-10-17/h3-16H,1-2H3. The highest BCUT2D eigenvalue weighted by molar-refractivity contribution is 9.10. The van der Waals surface area contributed by atoms with Gasteiger partial charge in [-0.25, -0.2) is 9.97 Å². The minimum Gasteiger partial charge on any atom is -0.252 e. The van der Waals surface area contributed by atoms with Gasteiger partial charge < -0.3 is 0 Å².